The van der Waals surface area contributed by atoms with Gasteiger partial charge in [0.1, 0.15) is 11.3 Å². The summed E-state index contributed by atoms with van der Waals surface area (Å²) < 4.78 is 35.0. The van der Waals surface area contributed by atoms with Gasteiger partial charge in [-0.05, 0) is 32.4 Å². The van der Waals surface area contributed by atoms with Gasteiger partial charge < -0.3 is 9.30 Å². The summed E-state index contributed by atoms with van der Waals surface area (Å²) >= 11 is 6.19. The van der Waals surface area contributed by atoms with Crippen LogP contribution in [-0.2, 0) is 4.74 Å². The van der Waals surface area contributed by atoms with Crippen molar-refractivity contribution in [2.75, 3.05) is 13.2 Å². The molecule has 0 aliphatic carbocycles. The molecule has 0 bridgehead atoms. The minimum atomic E-state index is -0.868. The zero-order chi connectivity index (χ0) is 15.1. The molecule has 114 valence electrons. The van der Waals surface area contributed by atoms with Crippen LogP contribution in [0, 0.1) is 17.6 Å². The number of hydrogen-bond acceptors (Lipinski definition) is 2. The maximum absolute atomic E-state index is 14.3. The summed E-state index contributed by atoms with van der Waals surface area (Å²) in [6.07, 6.45) is 0.897. The van der Waals surface area contributed by atoms with Crippen molar-refractivity contribution in [2.24, 2.45) is 5.92 Å². The van der Waals surface area contributed by atoms with E-state index in [0.29, 0.717) is 24.6 Å². The Morgan fingerprint density at radius 1 is 1.38 bits per heavy atom. The summed E-state index contributed by atoms with van der Waals surface area (Å²) in [4.78, 5) is 4.39. The summed E-state index contributed by atoms with van der Waals surface area (Å²) in [6, 6.07) is 2.54. The second-order valence-electron chi connectivity index (χ2n) is 5.55. The van der Waals surface area contributed by atoms with E-state index in [2.05, 4.69) is 4.98 Å². The van der Waals surface area contributed by atoms with Crippen LogP contribution in [0.15, 0.2) is 12.1 Å². The average molecular weight is 315 g/mol. The van der Waals surface area contributed by atoms with Gasteiger partial charge in [-0.25, -0.2) is 13.8 Å². The first-order chi connectivity index (χ1) is 10.0. The minimum absolute atomic E-state index is 0.0509. The predicted molar refractivity (Wildman–Crippen MR) is 77.6 cm³/mol. The lowest BCUT2D eigenvalue weighted by Gasteiger charge is -2.23. The standard InChI is InChI=1S/C15H17ClF2N2O/c1-8(16)15-19-12-4-3-11(17)13(18)14(12)20(15)9(2)10-5-6-21-7-10/h3-4,8-10H,5-7H2,1-2H3. The van der Waals surface area contributed by atoms with Gasteiger partial charge in [-0.2, -0.15) is 0 Å². The predicted octanol–water partition coefficient (Wildman–Crippen LogP) is 4.21. The number of alkyl halides is 1. The Morgan fingerprint density at radius 2 is 2.14 bits per heavy atom. The van der Waals surface area contributed by atoms with Gasteiger partial charge in [0.2, 0.25) is 0 Å². The number of rotatable bonds is 3. The van der Waals surface area contributed by atoms with E-state index in [1.54, 1.807) is 11.5 Å². The second kappa shape index (κ2) is 5.54. The molecule has 0 N–H and O–H groups in total. The molecule has 1 aliphatic heterocycles. The first kappa shape index (κ1) is 14.7. The molecule has 1 aliphatic rings. The highest BCUT2D eigenvalue weighted by atomic mass is 35.5. The van der Waals surface area contributed by atoms with Gasteiger partial charge in [-0.15, -0.1) is 11.6 Å². The number of nitrogens with zero attached hydrogens (tertiary/aromatic N) is 2. The summed E-state index contributed by atoms with van der Waals surface area (Å²) in [5, 5.41) is -0.385. The third kappa shape index (κ3) is 2.42. The molecule has 1 aromatic carbocycles. The Labute approximate surface area is 126 Å². The van der Waals surface area contributed by atoms with Crippen LogP contribution in [0.4, 0.5) is 8.78 Å². The summed E-state index contributed by atoms with van der Waals surface area (Å²) in [6.45, 7) is 5.08. The van der Waals surface area contributed by atoms with Crippen molar-refractivity contribution in [3.63, 3.8) is 0 Å². The first-order valence-corrected chi connectivity index (χ1v) is 7.52. The van der Waals surface area contributed by atoms with Crippen LogP contribution >= 0.6 is 11.6 Å². The van der Waals surface area contributed by atoms with E-state index in [4.69, 9.17) is 16.3 Å². The molecule has 2 heterocycles. The van der Waals surface area contributed by atoms with Crippen LogP contribution in [0.3, 0.4) is 0 Å². The number of ether oxygens (including phenoxy) is 1. The van der Waals surface area contributed by atoms with Gasteiger partial charge >= 0.3 is 0 Å². The molecular formula is C15H17ClF2N2O. The summed E-state index contributed by atoms with van der Waals surface area (Å²) in [5.74, 6) is -0.920. The fourth-order valence-corrected chi connectivity index (χ4v) is 3.13. The first-order valence-electron chi connectivity index (χ1n) is 7.08. The third-order valence-corrected chi connectivity index (χ3v) is 4.38. The van der Waals surface area contributed by atoms with Crippen molar-refractivity contribution in [3.8, 4) is 0 Å². The van der Waals surface area contributed by atoms with Crippen molar-refractivity contribution in [3.05, 3.63) is 29.6 Å². The van der Waals surface area contributed by atoms with E-state index < -0.39 is 11.6 Å². The highest BCUT2D eigenvalue weighted by Gasteiger charge is 2.29. The quantitative estimate of drug-likeness (QED) is 0.793. The van der Waals surface area contributed by atoms with E-state index >= 15 is 0 Å². The zero-order valence-electron chi connectivity index (χ0n) is 11.9. The van der Waals surface area contributed by atoms with Crippen LogP contribution in [0.25, 0.3) is 11.0 Å². The lowest BCUT2D eigenvalue weighted by Crippen LogP contribution is -2.19. The van der Waals surface area contributed by atoms with Crippen molar-refractivity contribution in [1.82, 2.24) is 9.55 Å². The maximum Gasteiger partial charge on any atom is 0.184 e. The smallest absolute Gasteiger partial charge is 0.184 e. The number of benzene rings is 1. The molecule has 0 amide bonds. The summed E-state index contributed by atoms with van der Waals surface area (Å²) in [5.41, 5.74) is 0.624. The normalized spacial score (nSPS) is 21.9. The molecule has 0 radical (unpaired) electrons. The van der Waals surface area contributed by atoms with Crippen molar-refractivity contribution in [2.45, 2.75) is 31.7 Å². The second-order valence-corrected chi connectivity index (χ2v) is 6.20. The number of halogens is 3. The van der Waals surface area contributed by atoms with Crippen LogP contribution in [0.2, 0.25) is 0 Å². The average Bonchev–Trinajstić information content (AvgIpc) is 3.09. The molecule has 6 heteroatoms. The van der Waals surface area contributed by atoms with Crippen LogP contribution in [-0.4, -0.2) is 22.8 Å². The molecule has 3 atom stereocenters. The van der Waals surface area contributed by atoms with E-state index in [1.165, 1.54) is 6.07 Å². The number of imidazole rings is 1. The topological polar surface area (TPSA) is 27.1 Å². The van der Waals surface area contributed by atoms with E-state index in [9.17, 15) is 8.78 Å². The molecule has 3 unspecified atom stereocenters. The van der Waals surface area contributed by atoms with E-state index in [0.717, 1.165) is 12.5 Å². The highest BCUT2D eigenvalue weighted by molar-refractivity contribution is 6.20. The minimum Gasteiger partial charge on any atom is -0.381 e. The largest absolute Gasteiger partial charge is 0.381 e. The number of fused-ring (bicyclic) bond motifs is 1. The van der Waals surface area contributed by atoms with Gasteiger partial charge in [-0.3, -0.25) is 0 Å². The fourth-order valence-electron chi connectivity index (χ4n) is 2.98. The molecule has 0 saturated carbocycles. The lowest BCUT2D eigenvalue weighted by atomic mass is 10.00. The van der Waals surface area contributed by atoms with Gasteiger partial charge in [0.25, 0.3) is 0 Å². The Balaban J connectivity index is 2.21. The Kier molecular flexibility index (Phi) is 3.88. The monoisotopic (exact) mass is 314 g/mol. The molecule has 3 nitrogen and oxygen atoms in total. The Morgan fingerprint density at radius 3 is 2.76 bits per heavy atom. The number of hydrogen-bond donors (Lipinski definition) is 0. The molecule has 3 rings (SSSR count). The molecule has 0 spiro atoms. The van der Waals surface area contributed by atoms with Crippen LogP contribution in [0.5, 0.6) is 0 Å². The molecule has 21 heavy (non-hydrogen) atoms. The molecule has 1 saturated heterocycles. The van der Waals surface area contributed by atoms with Crippen LogP contribution in [0.1, 0.15) is 37.5 Å². The Bertz CT molecular complexity index is 665. The zero-order valence-corrected chi connectivity index (χ0v) is 12.7. The molecule has 1 aromatic heterocycles. The highest BCUT2D eigenvalue weighted by Crippen LogP contribution is 2.35. The van der Waals surface area contributed by atoms with Gasteiger partial charge in [0, 0.05) is 18.6 Å². The van der Waals surface area contributed by atoms with Crippen molar-refractivity contribution < 1.29 is 13.5 Å². The number of aromatic nitrogens is 2. The fraction of sp³-hybridized carbons (Fsp3) is 0.533. The lowest BCUT2D eigenvalue weighted by molar-refractivity contribution is 0.175. The van der Waals surface area contributed by atoms with Crippen molar-refractivity contribution in [1.29, 1.82) is 0 Å². The third-order valence-electron chi connectivity index (χ3n) is 4.18. The molecular weight excluding hydrogens is 298 g/mol. The molecule has 1 fully saturated rings. The SMILES string of the molecule is CC(Cl)c1nc2ccc(F)c(F)c2n1C(C)C1CCOC1. The van der Waals surface area contributed by atoms with Gasteiger partial charge in [0.15, 0.2) is 11.6 Å². The summed E-state index contributed by atoms with van der Waals surface area (Å²) in [7, 11) is 0. The van der Waals surface area contributed by atoms with Gasteiger partial charge in [0.05, 0.1) is 17.5 Å². The molecule has 2 aromatic rings. The Hall–Kier alpha value is -1.20. The maximum atomic E-state index is 14.3. The van der Waals surface area contributed by atoms with Crippen molar-refractivity contribution >= 4 is 22.6 Å². The van der Waals surface area contributed by atoms with Crippen LogP contribution < -0.4 is 0 Å². The van der Waals surface area contributed by atoms with E-state index in [1.807, 2.05) is 6.92 Å². The van der Waals surface area contributed by atoms with Gasteiger partial charge in [-0.1, -0.05) is 0 Å². The van der Waals surface area contributed by atoms with E-state index in [-0.39, 0.29) is 22.9 Å².